The molecule has 0 saturated heterocycles. The summed E-state index contributed by atoms with van der Waals surface area (Å²) in [7, 11) is 0. The van der Waals surface area contributed by atoms with Gasteiger partial charge >= 0.3 is 0 Å². The lowest BCUT2D eigenvalue weighted by Crippen LogP contribution is -2.13. The number of ketones is 1. The molecule has 0 bridgehead atoms. The third kappa shape index (κ3) is 3.33. The van der Waals surface area contributed by atoms with E-state index in [0.717, 1.165) is 16.5 Å². The van der Waals surface area contributed by atoms with Crippen molar-refractivity contribution in [3.63, 3.8) is 0 Å². The van der Waals surface area contributed by atoms with Gasteiger partial charge < -0.3 is 0 Å². The van der Waals surface area contributed by atoms with Crippen molar-refractivity contribution in [3.05, 3.63) is 42.1 Å². The number of aromatic nitrogens is 1. The molecule has 0 aliphatic carbocycles. The van der Waals surface area contributed by atoms with Crippen LogP contribution in [0.2, 0.25) is 0 Å². The summed E-state index contributed by atoms with van der Waals surface area (Å²) < 4.78 is 0.116. The largest absolute Gasteiger partial charge is 0.293 e. The molecule has 0 N–H and O–H groups in total. The highest BCUT2D eigenvalue weighted by Crippen LogP contribution is 2.24. The van der Waals surface area contributed by atoms with Crippen LogP contribution in [-0.2, 0) is 0 Å². The van der Waals surface area contributed by atoms with Gasteiger partial charge in [-0.05, 0) is 12.1 Å². The molecule has 0 aliphatic heterocycles. The predicted octanol–water partition coefficient (Wildman–Crippen LogP) is 3.95. The van der Waals surface area contributed by atoms with Crippen LogP contribution in [0.1, 0.15) is 31.1 Å². The van der Waals surface area contributed by atoms with Gasteiger partial charge in [0.1, 0.15) is 0 Å². The summed E-state index contributed by atoms with van der Waals surface area (Å²) >= 11 is 1.67. The Kier molecular flexibility index (Phi) is 3.71. The third-order valence-corrected chi connectivity index (χ3v) is 3.84. The zero-order chi connectivity index (χ0) is 13.2. The first-order valence-corrected chi connectivity index (χ1v) is 6.96. The molecule has 1 aromatic carbocycles. The molecule has 2 aromatic rings. The summed E-state index contributed by atoms with van der Waals surface area (Å²) in [6.45, 7) is 6.35. The fraction of sp³-hybridized carbons (Fsp3) is 0.333. The molecule has 94 valence electrons. The number of benzene rings is 1. The minimum absolute atomic E-state index is 0.116. The maximum absolute atomic E-state index is 12.1. The number of carbonyl (C=O) groups is 1. The molecule has 3 heteroatoms. The Hall–Kier alpha value is -1.35. The molecule has 0 amide bonds. The first-order valence-electron chi connectivity index (χ1n) is 5.98. The Balaban J connectivity index is 2.18. The summed E-state index contributed by atoms with van der Waals surface area (Å²) in [6.07, 6.45) is 1.75. The minimum Gasteiger partial charge on any atom is -0.293 e. The molecular weight excluding hydrogens is 242 g/mol. The summed E-state index contributed by atoms with van der Waals surface area (Å²) in [5.41, 5.74) is 1.63. The van der Waals surface area contributed by atoms with Gasteiger partial charge in [0.25, 0.3) is 0 Å². The van der Waals surface area contributed by atoms with Gasteiger partial charge in [0.05, 0.1) is 11.3 Å². The molecule has 2 nitrogen and oxygen atoms in total. The van der Waals surface area contributed by atoms with E-state index in [0.29, 0.717) is 5.75 Å². The highest BCUT2D eigenvalue weighted by Gasteiger charge is 2.14. The topological polar surface area (TPSA) is 30.0 Å². The quantitative estimate of drug-likeness (QED) is 0.782. The summed E-state index contributed by atoms with van der Waals surface area (Å²) in [4.78, 5) is 16.4. The van der Waals surface area contributed by atoms with Crippen LogP contribution in [0.25, 0.3) is 10.9 Å². The molecule has 0 spiro atoms. The number of fused-ring (bicyclic) bond motifs is 1. The maximum atomic E-state index is 12.1. The summed E-state index contributed by atoms with van der Waals surface area (Å²) in [6, 6.07) is 9.62. The second-order valence-corrected chi connectivity index (χ2v) is 7.04. The first-order chi connectivity index (χ1) is 8.46. The highest BCUT2D eigenvalue weighted by atomic mass is 32.2. The van der Waals surface area contributed by atoms with Crippen LogP contribution in [0.4, 0.5) is 0 Å². The number of pyridine rings is 1. The number of carbonyl (C=O) groups excluding carboxylic acids is 1. The standard InChI is InChI=1S/C15H17NOS/c1-15(2,3)18-10-14(17)12-7-6-11-5-4-8-16-13(11)9-12/h4-9H,10H2,1-3H3. The summed E-state index contributed by atoms with van der Waals surface area (Å²) in [5, 5.41) is 1.07. The van der Waals surface area contributed by atoms with Crippen molar-refractivity contribution in [2.45, 2.75) is 25.5 Å². The van der Waals surface area contributed by atoms with Gasteiger partial charge in [-0.25, -0.2) is 0 Å². The molecule has 0 radical (unpaired) electrons. The number of rotatable bonds is 3. The van der Waals surface area contributed by atoms with E-state index in [1.165, 1.54) is 0 Å². The monoisotopic (exact) mass is 259 g/mol. The Morgan fingerprint density at radius 1 is 1.28 bits per heavy atom. The van der Waals surface area contributed by atoms with E-state index >= 15 is 0 Å². The highest BCUT2D eigenvalue weighted by molar-refractivity contribution is 8.01. The lowest BCUT2D eigenvalue weighted by atomic mass is 10.1. The third-order valence-electron chi connectivity index (χ3n) is 2.56. The Bertz CT molecular complexity index is 572. The number of nitrogens with zero attached hydrogens (tertiary/aromatic N) is 1. The van der Waals surface area contributed by atoms with Crippen LogP contribution in [0.15, 0.2) is 36.5 Å². The van der Waals surface area contributed by atoms with Gasteiger partial charge in [-0.2, -0.15) is 0 Å². The van der Waals surface area contributed by atoms with Crippen molar-refractivity contribution >= 4 is 28.4 Å². The van der Waals surface area contributed by atoms with E-state index < -0.39 is 0 Å². The Morgan fingerprint density at radius 3 is 2.78 bits per heavy atom. The van der Waals surface area contributed by atoms with Gasteiger partial charge in [0.15, 0.2) is 5.78 Å². The lowest BCUT2D eigenvalue weighted by molar-refractivity contribution is 0.102. The average Bonchev–Trinajstić information content (AvgIpc) is 2.34. The number of hydrogen-bond donors (Lipinski definition) is 0. The van der Waals surface area contributed by atoms with E-state index in [1.807, 2.05) is 30.3 Å². The van der Waals surface area contributed by atoms with Crippen molar-refractivity contribution in [2.24, 2.45) is 0 Å². The van der Waals surface area contributed by atoms with E-state index in [1.54, 1.807) is 18.0 Å². The smallest absolute Gasteiger partial charge is 0.172 e. The first kappa shape index (κ1) is 13.1. The number of thioether (sulfide) groups is 1. The van der Waals surface area contributed by atoms with Gasteiger partial charge in [-0.1, -0.05) is 39.0 Å². The average molecular weight is 259 g/mol. The van der Waals surface area contributed by atoms with Crippen LogP contribution in [-0.4, -0.2) is 21.3 Å². The van der Waals surface area contributed by atoms with Crippen molar-refractivity contribution in [3.8, 4) is 0 Å². The second kappa shape index (κ2) is 5.11. The Labute approximate surface area is 112 Å². The van der Waals surface area contributed by atoms with Gasteiger partial charge in [0, 0.05) is 21.9 Å². The van der Waals surface area contributed by atoms with Gasteiger partial charge in [-0.3, -0.25) is 9.78 Å². The molecule has 0 atom stereocenters. The van der Waals surface area contributed by atoms with Crippen molar-refractivity contribution in [1.29, 1.82) is 0 Å². The molecule has 18 heavy (non-hydrogen) atoms. The van der Waals surface area contributed by atoms with Gasteiger partial charge in [0.2, 0.25) is 0 Å². The zero-order valence-electron chi connectivity index (χ0n) is 10.9. The number of Topliss-reactive ketones (excluding diaryl/α,β-unsaturated/α-hetero) is 1. The molecule has 1 aromatic heterocycles. The van der Waals surface area contributed by atoms with E-state index in [4.69, 9.17) is 0 Å². The van der Waals surface area contributed by atoms with Crippen molar-refractivity contribution < 1.29 is 4.79 Å². The number of hydrogen-bond acceptors (Lipinski definition) is 3. The fourth-order valence-electron chi connectivity index (χ4n) is 1.61. The van der Waals surface area contributed by atoms with Crippen molar-refractivity contribution in [1.82, 2.24) is 4.98 Å². The SMILES string of the molecule is CC(C)(C)SCC(=O)c1ccc2cccnc2c1. The lowest BCUT2D eigenvalue weighted by Gasteiger charge is -2.16. The molecular formula is C15H17NOS. The normalized spacial score (nSPS) is 11.7. The van der Waals surface area contributed by atoms with E-state index in [9.17, 15) is 4.79 Å². The molecule has 1 heterocycles. The minimum atomic E-state index is 0.116. The van der Waals surface area contributed by atoms with Crippen LogP contribution in [0, 0.1) is 0 Å². The molecule has 2 rings (SSSR count). The van der Waals surface area contributed by atoms with Crippen molar-refractivity contribution in [2.75, 3.05) is 5.75 Å². The molecule has 0 aliphatic rings. The molecule has 0 unspecified atom stereocenters. The van der Waals surface area contributed by atoms with Gasteiger partial charge in [-0.15, -0.1) is 11.8 Å². The van der Waals surface area contributed by atoms with Crippen LogP contribution in [0.5, 0.6) is 0 Å². The maximum Gasteiger partial charge on any atom is 0.172 e. The molecule has 0 fully saturated rings. The van der Waals surface area contributed by atoms with E-state index in [2.05, 4.69) is 25.8 Å². The second-order valence-electron chi connectivity index (χ2n) is 5.24. The molecule has 0 saturated carbocycles. The van der Waals surface area contributed by atoms with E-state index in [-0.39, 0.29) is 10.5 Å². The van der Waals surface area contributed by atoms with Crippen LogP contribution >= 0.6 is 11.8 Å². The fourth-order valence-corrected chi connectivity index (χ4v) is 2.34. The Morgan fingerprint density at radius 2 is 2.06 bits per heavy atom. The predicted molar refractivity (Wildman–Crippen MR) is 78.3 cm³/mol. The van der Waals surface area contributed by atoms with Crippen LogP contribution < -0.4 is 0 Å². The zero-order valence-corrected chi connectivity index (χ0v) is 11.8. The summed E-state index contributed by atoms with van der Waals surface area (Å²) in [5.74, 6) is 0.685. The van der Waals surface area contributed by atoms with Crippen LogP contribution in [0.3, 0.4) is 0 Å².